The highest BCUT2D eigenvalue weighted by Gasteiger charge is 2.28. The molecule has 0 saturated heterocycles. The van der Waals surface area contributed by atoms with Gasteiger partial charge in [0, 0.05) is 19.8 Å². The molecule has 2 unspecified atom stereocenters. The van der Waals surface area contributed by atoms with Crippen LogP contribution in [-0.4, -0.2) is 26.3 Å². The average molecular weight is 213 g/mol. The molecule has 0 aromatic carbocycles. The van der Waals surface area contributed by atoms with Gasteiger partial charge in [-0.2, -0.15) is 0 Å². The summed E-state index contributed by atoms with van der Waals surface area (Å²) in [6.45, 7) is 6.57. The maximum atomic E-state index is 5.18. The summed E-state index contributed by atoms with van der Waals surface area (Å²) in [5.41, 5.74) is 0. The monoisotopic (exact) mass is 213 g/mol. The van der Waals surface area contributed by atoms with Crippen LogP contribution in [0.1, 0.15) is 46.0 Å². The molecule has 0 bridgehead atoms. The fourth-order valence-corrected chi connectivity index (χ4v) is 2.87. The van der Waals surface area contributed by atoms with E-state index in [2.05, 4.69) is 19.2 Å². The van der Waals surface area contributed by atoms with E-state index in [-0.39, 0.29) is 0 Å². The molecule has 0 amide bonds. The molecule has 0 spiro atoms. The summed E-state index contributed by atoms with van der Waals surface area (Å²) in [6, 6.07) is 0.715. The van der Waals surface area contributed by atoms with Gasteiger partial charge in [-0.3, -0.25) is 0 Å². The first-order valence-corrected chi connectivity index (χ1v) is 6.52. The highest BCUT2D eigenvalue weighted by atomic mass is 16.5. The Bertz CT molecular complexity index is 155. The minimum atomic E-state index is 0.715. The molecule has 0 radical (unpaired) electrons. The second-order valence-electron chi connectivity index (χ2n) is 4.89. The topological polar surface area (TPSA) is 21.3 Å². The van der Waals surface area contributed by atoms with Gasteiger partial charge >= 0.3 is 0 Å². The smallest absolute Gasteiger partial charge is 0.0465 e. The van der Waals surface area contributed by atoms with E-state index in [1.54, 1.807) is 7.11 Å². The fourth-order valence-electron chi connectivity index (χ4n) is 2.87. The summed E-state index contributed by atoms with van der Waals surface area (Å²) in [5.74, 6) is 1.66. The minimum absolute atomic E-state index is 0.715. The predicted molar refractivity (Wildman–Crippen MR) is 65.1 cm³/mol. The maximum absolute atomic E-state index is 5.18. The molecule has 1 aliphatic carbocycles. The molecule has 90 valence electrons. The predicted octanol–water partition coefficient (Wildman–Crippen LogP) is 2.83. The first-order valence-electron chi connectivity index (χ1n) is 6.52. The van der Waals surface area contributed by atoms with Gasteiger partial charge in [0.15, 0.2) is 0 Å². The van der Waals surface area contributed by atoms with Crippen LogP contribution in [0.2, 0.25) is 0 Å². The molecule has 1 fully saturated rings. The molecular weight excluding hydrogens is 186 g/mol. The Balaban J connectivity index is 2.39. The molecule has 0 aromatic heterocycles. The number of rotatable bonds is 7. The Kier molecular flexibility index (Phi) is 6.26. The van der Waals surface area contributed by atoms with E-state index >= 15 is 0 Å². The highest BCUT2D eigenvalue weighted by molar-refractivity contribution is 4.84. The lowest BCUT2D eigenvalue weighted by Crippen LogP contribution is -2.40. The molecule has 1 rings (SSSR count). The highest BCUT2D eigenvalue weighted by Crippen LogP contribution is 2.31. The first kappa shape index (κ1) is 13.0. The zero-order valence-electron chi connectivity index (χ0n) is 10.6. The lowest BCUT2D eigenvalue weighted by Gasteiger charge is -2.30. The van der Waals surface area contributed by atoms with Crippen LogP contribution in [0.5, 0.6) is 0 Å². The summed E-state index contributed by atoms with van der Waals surface area (Å²) >= 11 is 0. The van der Waals surface area contributed by atoms with E-state index in [0.29, 0.717) is 6.04 Å². The number of methoxy groups -OCH3 is 1. The summed E-state index contributed by atoms with van der Waals surface area (Å²) in [6.07, 6.45) is 6.90. The molecule has 1 N–H and O–H groups in total. The number of nitrogens with one attached hydrogen (secondary N) is 1. The fraction of sp³-hybridized carbons (Fsp3) is 1.00. The molecule has 1 saturated carbocycles. The molecule has 2 nitrogen and oxygen atoms in total. The molecule has 0 aromatic rings. The van der Waals surface area contributed by atoms with Gasteiger partial charge in [-0.15, -0.1) is 0 Å². The lowest BCUT2D eigenvalue weighted by atomic mass is 9.86. The van der Waals surface area contributed by atoms with Crippen molar-refractivity contribution in [2.45, 2.75) is 52.0 Å². The Labute approximate surface area is 94.8 Å². The van der Waals surface area contributed by atoms with Gasteiger partial charge in [-0.05, 0) is 37.6 Å². The first-order chi connectivity index (χ1) is 7.29. The Hall–Kier alpha value is -0.0800. The number of hydrogen-bond acceptors (Lipinski definition) is 2. The number of hydrogen-bond donors (Lipinski definition) is 1. The van der Waals surface area contributed by atoms with Crippen LogP contribution in [0, 0.1) is 11.8 Å². The van der Waals surface area contributed by atoms with Gasteiger partial charge in [-0.25, -0.2) is 0 Å². The minimum Gasteiger partial charge on any atom is -0.385 e. The molecule has 2 heteroatoms. The van der Waals surface area contributed by atoms with Gasteiger partial charge in [0.1, 0.15) is 0 Å². The van der Waals surface area contributed by atoms with Crippen molar-refractivity contribution >= 4 is 0 Å². The quantitative estimate of drug-likeness (QED) is 0.702. The van der Waals surface area contributed by atoms with E-state index in [0.717, 1.165) is 25.0 Å². The standard InChI is InChI=1S/C13H27NO/c1-4-14-13(11(2)9-10-15-3)12-7-5-6-8-12/h11-14H,4-10H2,1-3H3. The van der Waals surface area contributed by atoms with Gasteiger partial charge in [-0.1, -0.05) is 26.7 Å². The van der Waals surface area contributed by atoms with Crippen molar-refractivity contribution in [2.24, 2.45) is 11.8 Å². The van der Waals surface area contributed by atoms with Crippen molar-refractivity contribution in [3.8, 4) is 0 Å². The normalized spacial score (nSPS) is 21.8. The van der Waals surface area contributed by atoms with Crippen molar-refractivity contribution in [3.05, 3.63) is 0 Å². The summed E-state index contributed by atoms with van der Waals surface area (Å²) in [4.78, 5) is 0. The van der Waals surface area contributed by atoms with E-state index in [4.69, 9.17) is 4.74 Å². The molecule has 2 atom stereocenters. The SMILES string of the molecule is CCNC(C(C)CCOC)C1CCCC1. The Morgan fingerprint density at radius 2 is 2.00 bits per heavy atom. The molecular formula is C13H27NO. The van der Waals surface area contributed by atoms with Gasteiger partial charge in [0.2, 0.25) is 0 Å². The van der Waals surface area contributed by atoms with Gasteiger partial charge in [0.25, 0.3) is 0 Å². The third-order valence-corrected chi connectivity index (χ3v) is 3.74. The average Bonchev–Trinajstić information content (AvgIpc) is 2.75. The van der Waals surface area contributed by atoms with Crippen LogP contribution in [-0.2, 0) is 4.74 Å². The van der Waals surface area contributed by atoms with Gasteiger partial charge in [0.05, 0.1) is 0 Å². The second-order valence-corrected chi connectivity index (χ2v) is 4.89. The zero-order chi connectivity index (χ0) is 11.1. The van der Waals surface area contributed by atoms with Crippen molar-refractivity contribution in [1.82, 2.24) is 5.32 Å². The van der Waals surface area contributed by atoms with E-state index in [1.807, 2.05) is 0 Å². The van der Waals surface area contributed by atoms with Crippen molar-refractivity contribution in [2.75, 3.05) is 20.3 Å². The van der Waals surface area contributed by atoms with Crippen LogP contribution in [0.3, 0.4) is 0 Å². The van der Waals surface area contributed by atoms with E-state index < -0.39 is 0 Å². The Morgan fingerprint density at radius 1 is 1.33 bits per heavy atom. The summed E-state index contributed by atoms with van der Waals surface area (Å²) in [5, 5.41) is 3.68. The lowest BCUT2D eigenvalue weighted by molar-refractivity contribution is 0.158. The third kappa shape index (κ3) is 4.12. The van der Waals surface area contributed by atoms with Crippen molar-refractivity contribution in [3.63, 3.8) is 0 Å². The van der Waals surface area contributed by atoms with E-state index in [9.17, 15) is 0 Å². The Morgan fingerprint density at radius 3 is 2.53 bits per heavy atom. The largest absolute Gasteiger partial charge is 0.385 e. The van der Waals surface area contributed by atoms with Crippen LogP contribution < -0.4 is 5.32 Å². The molecule has 1 aliphatic rings. The molecule has 0 heterocycles. The molecule has 15 heavy (non-hydrogen) atoms. The van der Waals surface area contributed by atoms with Crippen LogP contribution in [0.4, 0.5) is 0 Å². The molecule has 0 aliphatic heterocycles. The third-order valence-electron chi connectivity index (χ3n) is 3.74. The van der Waals surface area contributed by atoms with Crippen molar-refractivity contribution in [1.29, 1.82) is 0 Å². The van der Waals surface area contributed by atoms with Crippen LogP contribution >= 0.6 is 0 Å². The second kappa shape index (κ2) is 7.24. The zero-order valence-corrected chi connectivity index (χ0v) is 10.6. The van der Waals surface area contributed by atoms with E-state index in [1.165, 1.54) is 32.1 Å². The van der Waals surface area contributed by atoms with Crippen molar-refractivity contribution < 1.29 is 4.74 Å². The maximum Gasteiger partial charge on any atom is 0.0465 e. The number of ether oxygens (including phenoxy) is 1. The summed E-state index contributed by atoms with van der Waals surface area (Å²) in [7, 11) is 1.80. The van der Waals surface area contributed by atoms with Crippen LogP contribution in [0.15, 0.2) is 0 Å². The summed E-state index contributed by atoms with van der Waals surface area (Å²) < 4.78 is 5.18. The van der Waals surface area contributed by atoms with Gasteiger partial charge < -0.3 is 10.1 Å². The van der Waals surface area contributed by atoms with Crippen LogP contribution in [0.25, 0.3) is 0 Å².